The molecular weight excluding hydrogens is 597 g/mol. The summed E-state index contributed by atoms with van der Waals surface area (Å²) in [6, 6.07) is 52.8. The van der Waals surface area contributed by atoms with E-state index in [0.717, 1.165) is 39.0 Å². The van der Waals surface area contributed by atoms with E-state index >= 15 is 0 Å². The first kappa shape index (κ1) is 26.9. The largest absolute Gasteiger partial charge is 0.456 e. The summed E-state index contributed by atoms with van der Waals surface area (Å²) in [7, 11) is 0. The molecular formula is C47H30O2. The number of ether oxygens (including phenoxy) is 1. The van der Waals surface area contributed by atoms with Gasteiger partial charge in [-0.05, 0) is 115 Å². The third-order valence-electron chi connectivity index (χ3n) is 11.0. The number of benzene rings is 8. The second kappa shape index (κ2) is 9.49. The number of fused-ring (bicyclic) bond motifs is 10. The lowest BCUT2D eigenvalue weighted by atomic mass is 9.78. The third-order valence-corrected chi connectivity index (χ3v) is 11.0. The molecule has 2 aliphatic rings. The molecule has 0 unspecified atom stereocenters. The summed E-state index contributed by atoms with van der Waals surface area (Å²) in [5.41, 5.74) is 14.3. The average molecular weight is 627 g/mol. The van der Waals surface area contributed by atoms with Gasteiger partial charge in [0, 0.05) is 27.1 Å². The highest BCUT2D eigenvalue weighted by molar-refractivity contribution is 6.10. The van der Waals surface area contributed by atoms with Crippen molar-refractivity contribution in [2.75, 3.05) is 0 Å². The predicted molar refractivity (Wildman–Crippen MR) is 203 cm³/mol. The van der Waals surface area contributed by atoms with E-state index in [0.29, 0.717) is 0 Å². The van der Waals surface area contributed by atoms with Crippen LogP contribution in [0.25, 0.3) is 88.0 Å². The zero-order chi connectivity index (χ0) is 32.4. The van der Waals surface area contributed by atoms with Gasteiger partial charge in [0.15, 0.2) is 0 Å². The van der Waals surface area contributed by atoms with E-state index in [1.54, 1.807) is 0 Å². The Bertz CT molecular complexity index is 2880. The van der Waals surface area contributed by atoms with Crippen LogP contribution in [0.2, 0.25) is 0 Å². The number of rotatable bonds is 2. The summed E-state index contributed by atoms with van der Waals surface area (Å²) in [6.07, 6.45) is 0. The highest BCUT2D eigenvalue weighted by Crippen LogP contribution is 2.55. The van der Waals surface area contributed by atoms with Gasteiger partial charge < -0.3 is 9.15 Å². The summed E-state index contributed by atoms with van der Waals surface area (Å²) in [4.78, 5) is 0. The molecule has 9 aromatic rings. The Balaban J connectivity index is 1.14. The van der Waals surface area contributed by atoms with Crippen LogP contribution in [0, 0.1) is 0 Å². The Kier molecular flexibility index (Phi) is 5.21. The molecule has 2 nitrogen and oxygen atoms in total. The molecule has 1 aliphatic carbocycles. The van der Waals surface area contributed by atoms with Gasteiger partial charge in [-0.25, -0.2) is 0 Å². The van der Waals surface area contributed by atoms with Crippen LogP contribution >= 0.6 is 0 Å². The molecule has 0 amide bonds. The van der Waals surface area contributed by atoms with Crippen molar-refractivity contribution in [1.82, 2.24) is 0 Å². The molecule has 1 aliphatic heterocycles. The van der Waals surface area contributed by atoms with Crippen LogP contribution < -0.4 is 4.74 Å². The summed E-state index contributed by atoms with van der Waals surface area (Å²) in [5, 5.41) is 7.23. The molecule has 1 aromatic heterocycles. The number of para-hydroxylation sites is 1. The van der Waals surface area contributed by atoms with Crippen molar-refractivity contribution in [2.24, 2.45) is 0 Å². The summed E-state index contributed by atoms with van der Waals surface area (Å²) in [6.45, 7) is 4.77. The number of hydrogen-bond acceptors (Lipinski definition) is 2. The topological polar surface area (TPSA) is 22.4 Å². The molecule has 0 N–H and O–H groups in total. The summed E-state index contributed by atoms with van der Waals surface area (Å²) < 4.78 is 12.6. The first-order chi connectivity index (χ1) is 24.0. The molecule has 0 atom stereocenters. The van der Waals surface area contributed by atoms with E-state index in [9.17, 15) is 0 Å². The molecule has 0 fully saturated rings. The van der Waals surface area contributed by atoms with Crippen LogP contribution in [0.1, 0.15) is 25.0 Å². The Morgan fingerprint density at radius 1 is 0.449 bits per heavy atom. The Morgan fingerprint density at radius 3 is 2.12 bits per heavy atom. The standard InChI is InChI=1S/C47H30O2/c1-47(2)39-14-5-3-12-34(39)45-35(30-20-22-41-37(26-30)32-11-4-6-15-40(32)48-41)25-31-18-17-28(23-36(31)46(45)47)29-19-21-42-38(24-29)33-13-7-9-27-10-8-16-43(49-42)44(27)33/h3-26H,1-2H3. The Labute approximate surface area is 283 Å². The van der Waals surface area contributed by atoms with E-state index in [1.165, 1.54) is 71.6 Å². The highest BCUT2D eigenvalue weighted by atomic mass is 16.5. The quantitative estimate of drug-likeness (QED) is 0.190. The van der Waals surface area contributed by atoms with Gasteiger partial charge in [-0.15, -0.1) is 0 Å². The van der Waals surface area contributed by atoms with Crippen molar-refractivity contribution in [3.8, 4) is 56.0 Å². The maximum absolute atomic E-state index is 6.43. The molecule has 0 radical (unpaired) electrons. The van der Waals surface area contributed by atoms with Crippen molar-refractivity contribution in [2.45, 2.75) is 19.3 Å². The van der Waals surface area contributed by atoms with Gasteiger partial charge in [0.25, 0.3) is 0 Å². The fourth-order valence-electron chi connectivity index (χ4n) is 8.75. The van der Waals surface area contributed by atoms with Gasteiger partial charge in [0.2, 0.25) is 0 Å². The van der Waals surface area contributed by atoms with Crippen molar-refractivity contribution >= 4 is 43.5 Å². The zero-order valence-corrected chi connectivity index (χ0v) is 27.2. The fraction of sp³-hybridized carbons (Fsp3) is 0.0638. The Hall–Kier alpha value is -6.12. The molecule has 230 valence electrons. The number of hydrogen-bond donors (Lipinski definition) is 0. The molecule has 11 rings (SSSR count). The molecule has 2 heteroatoms. The van der Waals surface area contributed by atoms with Gasteiger partial charge in [-0.1, -0.05) is 111 Å². The third kappa shape index (κ3) is 3.66. The minimum Gasteiger partial charge on any atom is -0.456 e. The SMILES string of the molecule is CC1(C)c2ccccc2-c2c(-c3ccc4oc5ccccc5c4c3)cc3ccc(-c4ccc5c(c4)-c4cccc6cccc(c46)O5)cc3c21. The van der Waals surface area contributed by atoms with E-state index in [4.69, 9.17) is 9.15 Å². The molecule has 8 aromatic carbocycles. The first-order valence-electron chi connectivity index (χ1n) is 17.0. The molecule has 2 heterocycles. The minimum absolute atomic E-state index is 0.172. The van der Waals surface area contributed by atoms with Gasteiger partial charge in [0.1, 0.15) is 22.7 Å². The fourth-order valence-corrected chi connectivity index (χ4v) is 8.75. The summed E-state index contributed by atoms with van der Waals surface area (Å²) >= 11 is 0. The van der Waals surface area contributed by atoms with Crippen LogP contribution in [0.15, 0.2) is 150 Å². The second-order valence-electron chi connectivity index (χ2n) is 14.1. The second-order valence-corrected chi connectivity index (χ2v) is 14.1. The lowest BCUT2D eigenvalue weighted by molar-refractivity contribution is 0.487. The normalized spacial score (nSPS) is 13.8. The van der Waals surface area contributed by atoms with E-state index in [1.807, 2.05) is 12.1 Å². The highest BCUT2D eigenvalue weighted by Gasteiger charge is 2.38. The lowest BCUT2D eigenvalue weighted by Crippen LogP contribution is -2.15. The minimum atomic E-state index is -0.172. The van der Waals surface area contributed by atoms with E-state index in [-0.39, 0.29) is 5.41 Å². The molecule has 49 heavy (non-hydrogen) atoms. The van der Waals surface area contributed by atoms with Crippen molar-refractivity contribution in [1.29, 1.82) is 0 Å². The van der Waals surface area contributed by atoms with Crippen LogP contribution in [-0.4, -0.2) is 0 Å². The first-order valence-corrected chi connectivity index (χ1v) is 17.0. The predicted octanol–water partition coefficient (Wildman–Crippen LogP) is 13.3. The van der Waals surface area contributed by atoms with Crippen molar-refractivity contribution < 1.29 is 9.15 Å². The summed E-state index contributed by atoms with van der Waals surface area (Å²) in [5.74, 6) is 1.83. The van der Waals surface area contributed by atoms with Crippen LogP contribution in [-0.2, 0) is 5.41 Å². The Morgan fingerprint density at radius 2 is 1.18 bits per heavy atom. The maximum Gasteiger partial charge on any atom is 0.135 e. The molecule has 0 bridgehead atoms. The monoisotopic (exact) mass is 626 g/mol. The van der Waals surface area contributed by atoms with Crippen LogP contribution in [0.3, 0.4) is 0 Å². The van der Waals surface area contributed by atoms with Crippen molar-refractivity contribution in [3.63, 3.8) is 0 Å². The van der Waals surface area contributed by atoms with E-state index < -0.39 is 0 Å². The zero-order valence-electron chi connectivity index (χ0n) is 27.2. The number of furan rings is 1. The van der Waals surface area contributed by atoms with E-state index in [2.05, 4.69) is 147 Å². The van der Waals surface area contributed by atoms with Crippen LogP contribution in [0.5, 0.6) is 11.5 Å². The van der Waals surface area contributed by atoms with Gasteiger partial charge in [-0.3, -0.25) is 0 Å². The maximum atomic E-state index is 6.43. The lowest BCUT2D eigenvalue weighted by Gasteiger charge is -2.25. The average Bonchev–Trinajstić information content (AvgIpc) is 3.63. The molecule has 0 spiro atoms. The molecule has 0 saturated heterocycles. The van der Waals surface area contributed by atoms with Crippen molar-refractivity contribution in [3.05, 3.63) is 157 Å². The van der Waals surface area contributed by atoms with Gasteiger partial charge >= 0.3 is 0 Å². The smallest absolute Gasteiger partial charge is 0.135 e. The molecule has 0 saturated carbocycles. The van der Waals surface area contributed by atoms with Gasteiger partial charge in [-0.2, -0.15) is 0 Å². The van der Waals surface area contributed by atoms with Gasteiger partial charge in [0.05, 0.1) is 0 Å². The van der Waals surface area contributed by atoms with Crippen LogP contribution in [0.4, 0.5) is 0 Å².